The highest BCUT2D eigenvalue weighted by Crippen LogP contribution is 2.31. The predicted molar refractivity (Wildman–Crippen MR) is 99.8 cm³/mol. The van der Waals surface area contributed by atoms with Crippen LogP contribution in [0.25, 0.3) is 11.1 Å². The number of anilines is 1. The Labute approximate surface area is 157 Å². The number of hydrogen-bond acceptors (Lipinski definition) is 2. The normalized spacial score (nSPS) is 18.1. The third kappa shape index (κ3) is 4.69. The van der Waals surface area contributed by atoms with E-state index in [4.69, 9.17) is 0 Å². The Morgan fingerprint density at radius 1 is 1.22 bits per heavy atom. The highest BCUT2D eigenvalue weighted by atomic mass is 19.2. The maximum absolute atomic E-state index is 13.6. The Balaban J connectivity index is 1.75. The number of rotatable bonds is 5. The fourth-order valence-electron chi connectivity index (χ4n) is 3.58. The molecular formula is C21H23F3N2O. The molecule has 1 saturated heterocycles. The van der Waals surface area contributed by atoms with Gasteiger partial charge in [0.05, 0.1) is 0 Å². The number of para-hydroxylation sites is 1. The van der Waals surface area contributed by atoms with Gasteiger partial charge >= 0.3 is 0 Å². The number of nitrogens with one attached hydrogen (secondary N) is 2. The van der Waals surface area contributed by atoms with Crippen LogP contribution in [-0.4, -0.2) is 19.0 Å². The van der Waals surface area contributed by atoms with Crippen LogP contribution in [0.2, 0.25) is 0 Å². The molecule has 2 N–H and O–H groups in total. The van der Waals surface area contributed by atoms with Crippen molar-refractivity contribution >= 4 is 11.6 Å². The highest BCUT2D eigenvalue weighted by molar-refractivity contribution is 5.95. The van der Waals surface area contributed by atoms with Crippen molar-refractivity contribution in [3.8, 4) is 11.1 Å². The zero-order valence-corrected chi connectivity index (χ0v) is 15.2. The third-order valence-corrected chi connectivity index (χ3v) is 5.14. The van der Waals surface area contributed by atoms with E-state index in [1.54, 1.807) is 24.3 Å². The first kappa shape index (κ1) is 19.4. The summed E-state index contributed by atoms with van der Waals surface area (Å²) in [5.41, 5.74) is 1.06. The van der Waals surface area contributed by atoms with E-state index in [2.05, 4.69) is 17.6 Å². The van der Waals surface area contributed by atoms with Gasteiger partial charge in [-0.1, -0.05) is 25.1 Å². The molecule has 1 aliphatic rings. The third-order valence-electron chi connectivity index (χ3n) is 5.14. The summed E-state index contributed by atoms with van der Waals surface area (Å²) in [5, 5.41) is 6.19. The van der Waals surface area contributed by atoms with Crippen LogP contribution in [-0.2, 0) is 4.79 Å². The van der Waals surface area contributed by atoms with Gasteiger partial charge in [-0.25, -0.2) is 13.2 Å². The molecule has 1 heterocycles. The number of halogens is 3. The first-order valence-corrected chi connectivity index (χ1v) is 9.20. The Morgan fingerprint density at radius 2 is 1.93 bits per heavy atom. The van der Waals surface area contributed by atoms with E-state index in [1.165, 1.54) is 0 Å². The van der Waals surface area contributed by atoms with Crippen LogP contribution in [0.4, 0.5) is 18.9 Å². The van der Waals surface area contributed by atoms with Gasteiger partial charge in [-0.15, -0.1) is 0 Å². The second kappa shape index (κ2) is 8.57. The molecule has 1 fully saturated rings. The fourth-order valence-corrected chi connectivity index (χ4v) is 3.58. The number of hydrogen-bond donors (Lipinski definition) is 2. The van der Waals surface area contributed by atoms with Gasteiger partial charge in [0.2, 0.25) is 5.91 Å². The minimum absolute atomic E-state index is 0.149. The minimum atomic E-state index is -1.50. The Hall–Kier alpha value is -2.34. The first-order chi connectivity index (χ1) is 13.0. The Bertz CT molecular complexity index is 796. The molecule has 2 unspecified atom stereocenters. The molecule has 27 heavy (non-hydrogen) atoms. The second-order valence-electron chi connectivity index (χ2n) is 7.14. The molecule has 2 aromatic rings. The topological polar surface area (TPSA) is 41.1 Å². The van der Waals surface area contributed by atoms with E-state index < -0.39 is 17.5 Å². The van der Waals surface area contributed by atoms with E-state index >= 15 is 0 Å². The lowest BCUT2D eigenvalue weighted by molar-refractivity contribution is -0.117. The first-order valence-electron chi connectivity index (χ1n) is 9.20. The summed E-state index contributed by atoms with van der Waals surface area (Å²) in [6, 6.07) is 8.58. The molecule has 3 nitrogen and oxygen atoms in total. The number of benzene rings is 2. The number of amides is 1. The van der Waals surface area contributed by atoms with Crippen molar-refractivity contribution in [1.82, 2.24) is 5.32 Å². The van der Waals surface area contributed by atoms with Gasteiger partial charge in [0, 0.05) is 17.7 Å². The lowest BCUT2D eigenvalue weighted by Gasteiger charge is -2.28. The summed E-state index contributed by atoms with van der Waals surface area (Å²) < 4.78 is 40.4. The molecule has 0 aromatic heterocycles. The van der Waals surface area contributed by atoms with E-state index in [0.717, 1.165) is 38.1 Å². The Kier molecular flexibility index (Phi) is 6.16. The van der Waals surface area contributed by atoms with Crippen molar-refractivity contribution in [2.75, 3.05) is 18.4 Å². The quantitative estimate of drug-likeness (QED) is 0.741. The SMILES string of the molecule is CC(CC(=O)Nc1ccccc1-c1cc(F)c(F)c(F)c1)C1CCCNC1. The maximum Gasteiger partial charge on any atom is 0.224 e. The molecule has 0 bridgehead atoms. The van der Waals surface area contributed by atoms with Crippen LogP contribution >= 0.6 is 0 Å². The molecule has 2 aromatic carbocycles. The molecule has 0 radical (unpaired) electrons. The van der Waals surface area contributed by atoms with Crippen LogP contribution in [0.3, 0.4) is 0 Å². The summed E-state index contributed by atoms with van der Waals surface area (Å²) in [6.45, 7) is 4.00. The molecule has 6 heteroatoms. The molecule has 144 valence electrons. The maximum atomic E-state index is 13.6. The van der Waals surface area contributed by atoms with Gasteiger partial charge in [-0.3, -0.25) is 4.79 Å². The molecule has 2 atom stereocenters. The summed E-state index contributed by atoms with van der Waals surface area (Å²) in [6.07, 6.45) is 2.58. The van der Waals surface area contributed by atoms with Crippen LogP contribution in [0.15, 0.2) is 36.4 Å². The second-order valence-corrected chi connectivity index (χ2v) is 7.14. The fraction of sp³-hybridized carbons (Fsp3) is 0.381. The Morgan fingerprint density at radius 3 is 2.59 bits per heavy atom. The summed E-state index contributed by atoms with van der Waals surface area (Å²) in [4.78, 5) is 12.5. The molecular weight excluding hydrogens is 353 g/mol. The highest BCUT2D eigenvalue weighted by Gasteiger charge is 2.22. The van der Waals surface area contributed by atoms with E-state index in [0.29, 0.717) is 23.6 Å². The summed E-state index contributed by atoms with van der Waals surface area (Å²) in [7, 11) is 0. The number of carbonyl (C=O) groups excluding carboxylic acids is 1. The van der Waals surface area contributed by atoms with Crippen molar-refractivity contribution in [3.63, 3.8) is 0 Å². The van der Waals surface area contributed by atoms with Crippen molar-refractivity contribution in [1.29, 1.82) is 0 Å². The number of piperidine rings is 1. The van der Waals surface area contributed by atoms with Gasteiger partial charge in [-0.05, 0) is 61.5 Å². The molecule has 0 saturated carbocycles. The van der Waals surface area contributed by atoms with Gasteiger partial charge in [0.1, 0.15) is 0 Å². The van der Waals surface area contributed by atoms with Crippen molar-refractivity contribution in [2.45, 2.75) is 26.2 Å². The largest absolute Gasteiger partial charge is 0.326 e. The lowest BCUT2D eigenvalue weighted by Crippen LogP contribution is -2.34. The summed E-state index contributed by atoms with van der Waals surface area (Å²) in [5.74, 6) is -3.49. The van der Waals surface area contributed by atoms with Gasteiger partial charge in [-0.2, -0.15) is 0 Å². The molecule has 1 amide bonds. The van der Waals surface area contributed by atoms with E-state index in [9.17, 15) is 18.0 Å². The van der Waals surface area contributed by atoms with Crippen molar-refractivity contribution < 1.29 is 18.0 Å². The minimum Gasteiger partial charge on any atom is -0.326 e. The van der Waals surface area contributed by atoms with Gasteiger partial charge in [0.25, 0.3) is 0 Å². The van der Waals surface area contributed by atoms with Gasteiger partial charge < -0.3 is 10.6 Å². The van der Waals surface area contributed by atoms with Gasteiger partial charge in [0.15, 0.2) is 17.5 Å². The van der Waals surface area contributed by atoms with Crippen LogP contribution in [0, 0.1) is 29.3 Å². The predicted octanol–water partition coefficient (Wildman–Crippen LogP) is 4.74. The average Bonchev–Trinajstić information content (AvgIpc) is 2.66. The smallest absolute Gasteiger partial charge is 0.224 e. The lowest BCUT2D eigenvalue weighted by atomic mass is 9.85. The molecule has 1 aliphatic heterocycles. The average molecular weight is 376 g/mol. The molecule has 3 rings (SSSR count). The van der Waals surface area contributed by atoms with Crippen molar-refractivity contribution in [3.05, 3.63) is 53.8 Å². The van der Waals surface area contributed by atoms with Crippen LogP contribution in [0.1, 0.15) is 26.2 Å². The molecule has 0 aliphatic carbocycles. The van der Waals surface area contributed by atoms with E-state index in [-0.39, 0.29) is 17.4 Å². The van der Waals surface area contributed by atoms with Crippen molar-refractivity contribution in [2.24, 2.45) is 11.8 Å². The standard InChI is InChI=1S/C21H23F3N2O/c1-13(14-5-4-8-25-12-14)9-20(27)26-19-7-3-2-6-16(19)15-10-17(22)21(24)18(23)11-15/h2-3,6-7,10-11,13-14,25H,4-5,8-9,12H2,1H3,(H,26,27). The molecule has 0 spiro atoms. The monoisotopic (exact) mass is 376 g/mol. The van der Waals surface area contributed by atoms with Crippen LogP contribution in [0.5, 0.6) is 0 Å². The number of carbonyl (C=O) groups is 1. The van der Waals surface area contributed by atoms with Crippen LogP contribution < -0.4 is 10.6 Å². The summed E-state index contributed by atoms with van der Waals surface area (Å²) >= 11 is 0. The zero-order valence-electron chi connectivity index (χ0n) is 15.2. The van der Waals surface area contributed by atoms with E-state index in [1.807, 2.05) is 0 Å². The zero-order chi connectivity index (χ0) is 19.4.